The molecule has 166 valence electrons. The summed E-state index contributed by atoms with van der Waals surface area (Å²) in [4.78, 5) is 14.6. The number of aryl methyl sites for hydroxylation is 1. The molecule has 1 saturated heterocycles. The van der Waals surface area contributed by atoms with Crippen molar-refractivity contribution in [1.82, 2.24) is 5.32 Å². The summed E-state index contributed by atoms with van der Waals surface area (Å²) in [5, 5.41) is 14.6. The molecule has 2 aromatic carbocycles. The molecule has 0 aromatic heterocycles. The fourth-order valence-electron chi connectivity index (χ4n) is 4.41. The quantitative estimate of drug-likeness (QED) is 0.662. The lowest BCUT2D eigenvalue weighted by atomic mass is 9.88. The first-order chi connectivity index (χ1) is 14.8. The van der Waals surface area contributed by atoms with Gasteiger partial charge in [-0.2, -0.15) is 13.2 Å². The molecular formula is C23H26F3N3O2. The molecule has 1 unspecified atom stereocenters. The van der Waals surface area contributed by atoms with Crippen molar-refractivity contribution in [2.24, 2.45) is 0 Å². The second-order valence-corrected chi connectivity index (χ2v) is 8.20. The van der Waals surface area contributed by atoms with E-state index in [1.54, 1.807) is 24.3 Å². The summed E-state index contributed by atoms with van der Waals surface area (Å²) in [7, 11) is 0. The number of nitrogens with one attached hydrogen (secondary N) is 2. The minimum atomic E-state index is -4.65. The maximum atomic E-state index is 13.8. The van der Waals surface area contributed by atoms with Crippen molar-refractivity contribution in [1.29, 1.82) is 0 Å². The topological polar surface area (TPSA) is 64.6 Å². The van der Waals surface area contributed by atoms with Gasteiger partial charge in [0.15, 0.2) is 6.04 Å². The van der Waals surface area contributed by atoms with Crippen molar-refractivity contribution in [3.63, 3.8) is 0 Å². The minimum Gasteiger partial charge on any atom is -0.393 e. The number of nitrogens with zero attached hydrogens (tertiary/aromatic N) is 1. The number of carbonyl (C=O) groups excluding carboxylic acids is 1. The van der Waals surface area contributed by atoms with Gasteiger partial charge in [0.2, 0.25) is 0 Å². The number of hydrogen-bond donors (Lipinski definition) is 3. The Kier molecular flexibility index (Phi) is 6.09. The van der Waals surface area contributed by atoms with Crippen molar-refractivity contribution in [3.8, 4) is 0 Å². The molecule has 0 bridgehead atoms. The van der Waals surface area contributed by atoms with Crippen molar-refractivity contribution >= 4 is 17.4 Å². The van der Waals surface area contributed by atoms with E-state index in [0.29, 0.717) is 24.9 Å². The van der Waals surface area contributed by atoms with Gasteiger partial charge in [0.05, 0.1) is 6.10 Å². The Labute approximate surface area is 179 Å². The van der Waals surface area contributed by atoms with E-state index in [1.807, 2.05) is 6.07 Å². The Morgan fingerprint density at radius 3 is 2.61 bits per heavy atom. The molecular weight excluding hydrogens is 407 g/mol. The van der Waals surface area contributed by atoms with E-state index in [1.165, 1.54) is 12.1 Å². The number of aliphatic hydroxyl groups excluding tert-OH is 1. The zero-order chi connectivity index (χ0) is 22.0. The van der Waals surface area contributed by atoms with E-state index in [9.17, 15) is 23.1 Å². The number of amides is 2. The fourth-order valence-corrected chi connectivity index (χ4v) is 4.41. The molecule has 4 rings (SSSR count). The predicted molar refractivity (Wildman–Crippen MR) is 113 cm³/mol. The molecule has 3 N–H and O–H groups in total. The summed E-state index contributed by atoms with van der Waals surface area (Å²) in [5.41, 5.74) is 2.93. The Balaban J connectivity index is 1.53. The SMILES string of the molecule is O=C(Nc1cccc2c1C[C@@H](O)CC2)NC(c1cccc(N2CCCC2)c1)C(F)(F)F. The molecule has 1 aliphatic carbocycles. The Morgan fingerprint density at radius 2 is 1.87 bits per heavy atom. The van der Waals surface area contributed by atoms with Gasteiger partial charge in [-0.1, -0.05) is 24.3 Å². The molecule has 8 heteroatoms. The molecule has 5 nitrogen and oxygen atoms in total. The zero-order valence-electron chi connectivity index (χ0n) is 17.1. The Bertz CT molecular complexity index is 942. The average Bonchev–Trinajstić information content (AvgIpc) is 3.27. The van der Waals surface area contributed by atoms with Crippen LogP contribution in [-0.4, -0.2) is 36.5 Å². The number of fused-ring (bicyclic) bond motifs is 1. The highest BCUT2D eigenvalue weighted by atomic mass is 19.4. The molecule has 1 fully saturated rings. The van der Waals surface area contributed by atoms with Crippen LogP contribution in [0, 0.1) is 0 Å². The van der Waals surface area contributed by atoms with Crippen LogP contribution < -0.4 is 15.5 Å². The van der Waals surface area contributed by atoms with Crippen molar-refractivity contribution in [2.45, 2.75) is 50.4 Å². The summed E-state index contributed by atoms with van der Waals surface area (Å²) in [5.74, 6) is 0. The first-order valence-corrected chi connectivity index (χ1v) is 10.6. The first-order valence-electron chi connectivity index (χ1n) is 10.6. The molecule has 31 heavy (non-hydrogen) atoms. The van der Waals surface area contributed by atoms with E-state index < -0.39 is 24.4 Å². The van der Waals surface area contributed by atoms with E-state index in [0.717, 1.165) is 42.7 Å². The van der Waals surface area contributed by atoms with Crippen LogP contribution in [0.1, 0.15) is 42.0 Å². The summed E-state index contributed by atoms with van der Waals surface area (Å²) < 4.78 is 41.5. The number of hydrogen-bond acceptors (Lipinski definition) is 3. The third-order valence-electron chi connectivity index (χ3n) is 5.99. The number of urea groups is 1. The van der Waals surface area contributed by atoms with Gasteiger partial charge >= 0.3 is 12.2 Å². The minimum absolute atomic E-state index is 0.00226. The maximum absolute atomic E-state index is 13.8. The second-order valence-electron chi connectivity index (χ2n) is 8.20. The smallest absolute Gasteiger partial charge is 0.393 e. The number of rotatable bonds is 4. The fraction of sp³-hybridized carbons (Fsp3) is 0.435. The van der Waals surface area contributed by atoms with Crippen molar-refractivity contribution in [2.75, 3.05) is 23.3 Å². The van der Waals surface area contributed by atoms with Gasteiger partial charge in [-0.25, -0.2) is 4.79 Å². The third kappa shape index (κ3) is 4.95. The monoisotopic (exact) mass is 433 g/mol. The number of aliphatic hydroxyl groups is 1. The van der Waals surface area contributed by atoms with Gasteiger partial charge in [-0.3, -0.25) is 0 Å². The third-order valence-corrected chi connectivity index (χ3v) is 5.99. The second kappa shape index (κ2) is 8.78. The highest BCUT2D eigenvalue weighted by molar-refractivity contribution is 5.90. The highest BCUT2D eigenvalue weighted by Gasteiger charge is 2.42. The molecule has 2 aliphatic rings. The Hall–Kier alpha value is -2.74. The van der Waals surface area contributed by atoms with E-state index in [-0.39, 0.29) is 5.56 Å². The predicted octanol–water partition coefficient (Wildman–Crippen LogP) is 4.56. The van der Waals surface area contributed by atoms with E-state index >= 15 is 0 Å². The molecule has 0 radical (unpaired) electrons. The van der Waals surface area contributed by atoms with Gasteiger partial charge in [0.25, 0.3) is 0 Å². The van der Waals surface area contributed by atoms with Gasteiger partial charge in [-0.05, 0) is 60.6 Å². The van der Waals surface area contributed by atoms with Gasteiger partial charge < -0.3 is 20.6 Å². The van der Waals surface area contributed by atoms with Crippen LogP contribution in [-0.2, 0) is 12.8 Å². The molecule has 1 aliphatic heterocycles. The number of alkyl halides is 3. The molecule has 0 saturated carbocycles. The summed E-state index contributed by atoms with van der Waals surface area (Å²) >= 11 is 0. The van der Waals surface area contributed by atoms with Gasteiger partial charge in [-0.15, -0.1) is 0 Å². The molecule has 2 aromatic rings. The van der Waals surface area contributed by atoms with Gasteiger partial charge in [0, 0.05) is 30.9 Å². The molecule has 2 amide bonds. The van der Waals surface area contributed by atoms with Crippen molar-refractivity contribution < 1.29 is 23.1 Å². The number of carbonyl (C=O) groups is 1. The Morgan fingerprint density at radius 1 is 1.13 bits per heavy atom. The van der Waals surface area contributed by atoms with Crippen LogP contribution in [0.4, 0.5) is 29.3 Å². The normalized spacial score (nSPS) is 19.6. The number of anilines is 2. The number of halogens is 3. The molecule has 1 heterocycles. The highest BCUT2D eigenvalue weighted by Crippen LogP contribution is 2.35. The standard InChI is InChI=1S/C23H26F3N3O2/c24-23(25,26)21(16-6-3-7-17(13-16)29-11-1-2-12-29)28-22(31)27-20-8-4-5-15-9-10-18(30)14-19(15)20/h3-8,13,18,21,30H,1-2,9-12,14H2,(H2,27,28,31)/t18-,21?/m0/s1. The lowest BCUT2D eigenvalue weighted by Gasteiger charge is -2.26. The summed E-state index contributed by atoms with van der Waals surface area (Å²) in [6.07, 6.45) is -1.46. The molecule has 2 atom stereocenters. The zero-order valence-corrected chi connectivity index (χ0v) is 17.1. The van der Waals surface area contributed by atoms with Crippen LogP contribution in [0.5, 0.6) is 0 Å². The van der Waals surface area contributed by atoms with Crippen LogP contribution >= 0.6 is 0 Å². The average molecular weight is 433 g/mol. The van der Waals surface area contributed by atoms with E-state index in [4.69, 9.17) is 0 Å². The lowest BCUT2D eigenvalue weighted by Crippen LogP contribution is -2.40. The van der Waals surface area contributed by atoms with Crippen LogP contribution in [0.2, 0.25) is 0 Å². The van der Waals surface area contributed by atoms with Crippen molar-refractivity contribution in [3.05, 3.63) is 59.2 Å². The first kappa shape index (κ1) is 21.5. The van der Waals surface area contributed by atoms with Crippen LogP contribution in [0.25, 0.3) is 0 Å². The van der Waals surface area contributed by atoms with Crippen LogP contribution in [0.3, 0.4) is 0 Å². The lowest BCUT2D eigenvalue weighted by molar-refractivity contribution is -0.154. The molecule has 0 spiro atoms. The maximum Gasteiger partial charge on any atom is 0.412 e. The van der Waals surface area contributed by atoms with Gasteiger partial charge in [0.1, 0.15) is 0 Å². The summed E-state index contributed by atoms with van der Waals surface area (Å²) in [6.45, 7) is 1.64. The van der Waals surface area contributed by atoms with E-state index in [2.05, 4.69) is 15.5 Å². The van der Waals surface area contributed by atoms with Crippen LogP contribution in [0.15, 0.2) is 42.5 Å². The number of benzene rings is 2. The largest absolute Gasteiger partial charge is 0.412 e. The summed E-state index contributed by atoms with van der Waals surface area (Å²) in [6, 6.07) is 8.54.